The summed E-state index contributed by atoms with van der Waals surface area (Å²) in [4.78, 5) is 11.6. The molecule has 0 aromatic rings. The summed E-state index contributed by atoms with van der Waals surface area (Å²) in [7, 11) is 0. The van der Waals surface area contributed by atoms with Crippen molar-refractivity contribution >= 4 is 5.91 Å². The Morgan fingerprint density at radius 1 is 1.31 bits per heavy atom. The number of hydrogen-bond acceptors (Lipinski definition) is 3. The van der Waals surface area contributed by atoms with Crippen LogP contribution in [0, 0.1) is 0 Å². The van der Waals surface area contributed by atoms with Gasteiger partial charge in [-0.1, -0.05) is 6.92 Å². The van der Waals surface area contributed by atoms with Crippen LogP contribution in [0.25, 0.3) is 0 Å². The summed E-state index contributed by atoms with van der Waals surface area (Å²) in [6.07, 6.45) is 2.34. The van der Waals surface area contributed by atoms with Crippen LogP contribution in [0.3, 0.4) is 0 Å². The third kappa shape index (κ3) is 7.65. The van der Waals surface area contributed by atoms with Gasteiger partial charge >= 0.3 is 0 Å². The molecule has 3 unspecified atom stereocenters. The lowest BCUT2D eigenvalue weighted by Crippen LogP contribution is -2.45. The molecule has 16 heavy (non-hydrogen) atoms. The predicted octanol–water partition coefficient (Wildman–Crippen LogP) is 1.04. The van der Waals surface area contributed by atoms with Gasteiger partial charge in [-0.25, -0.2) is 0 Å². The maximum absolute atomic E-state index is 11.6. The fourth-order valence-electron chi connectivity index (χ4n) is 1.28. The van der Waals surface area contributed by atoms with Crippen LogP contribution >= 0.6 is 0 Å². The summed E-state index contributed by atoms with van der Waals surface area (Å²) in [5.74, 6) is 0.0476. The first-order chi connectivity index (χ1) is 7.47. The molecule has 1 amide bonds. The molecular formula is C12H26N2O2. The zero-order valence-electron chi connectivity index (χ0n) is 10.9. The number of aliphatic hydroxyl groups is 1. The van der Waals surface area contributed by atoms with E-state index in [0.717, 1.165) is 25.8 Å². The Kier molecular flexibility index (Phi) is 8.21. The number of carbonyl (C=O) groups excluding carboxylic acids is 1. The minimum atomic E-state index is -0.258. The lowest BCUT2D eigenvalue weighted by molar-refractivity contribution is -0.123. The minimum Gasteiger partial charge on any atom is -0.393 e. The number of amides is 1. The lowest BCUT2D eigenvalue weighted by atomic mass is 10.2. The van der Waals surface area contributed by atoms with Gasteiger partial charge in [0.25, 0.3) is 0 Å². The quantitative estimate of drug-likeness (QED) is 0.546. The average molecular weight is 230 g/mol. The van der Waals surface area contributed by atoms with Crippen LogP contribution in [-0.4, -0.2) is 35.7 Å². The standard InChI is InChI=1S/C12H26N2O2/c1-5-9(2)14-12(16)11(4)13-8-6-7-10(3)15/h9-11,13,15H,5-8H2,1-4H3,(H,14,16). The molecule has 0 heterocycles. The van der Waals surface area contributed by atoms with Crippen LogP contribution in [-0.2, 0) is 4.79 Å². The van der Waals surface area contributed by atoms with Gasteiger partial charge in [-0.3, -0.25) is 4.79 Å². The molecule has 0 fully saturated rings. The summed E-state index contributed by atoms with van der Waals surface area (Å²) >= 11 is 0. The molecule has 3 atom stereocenters. The fourth-order valence-corrected chi connectivity index (χ4v) is 1.28. The fraction of sp³-hybridized carbons (Fsp3) is 0.917. The maximum Gasteiger partial charge on any atom is 0.237 e. The zero-order valence-corrected chi connectivity index (χ0v) is 10.9. The van der Waals surface area contributed by atoms with Crippen LogP contribution in [0.2, 0.25) is 0 Å². The maximum atomic E-state index is 11.6. The van der Waals surface area contributed by atoms with Gasteiger partial charge in [0.1, 0.15) is 0 Å². The first-order valence-corrected chi connectivity index (χ1v) is 6.19. The van der Waals surface area contributed by atoms with Crippen LogP contribution in [0.1, 0.15) is 47.0 Å². The van der Waals surface area contributed by atoms with Crippen molar-refractivity contribution in [2.24, 2.45) is 0 Å². The molecule has 0 aliphatic carbocycles. The Morgan fingerprint density at radius 3 is 2.44 bits per heavy atom. The molecule has 0 aromatic heterocycles. The Bertz CT molecular complexity index is 195. The van der Waals surface area contributed by atoms with E-state index in [9.17, 15) is 4.79 Å². The summed E-state index contributed by atoms with van der Waals surface area (Å²) in [6, 6.07) is 0.0669. The highest BCUT2D eigenvalue weighted by Gasteiger charge is 2.13. The molecule has 4 nitrogen and oxygen atoms in total. The zero-order chi connectivity index (χ0) is 12.6. The second-order valence-electron chi connectivity index (χ2n) is 4.48. The SMILES string of the molecule is CCC(C)NC(=O)C(C)NCCCC(C)O. The largest absolute Gasteiger partial charge is 0.393 e. The van der Waals surface area contributed by atoms with E-state index in [1.54, 1.807) is 6.92 Å². The molecule has 0 saturated carbocycles. The number of nitrogens with one attached hydrogen (secondary N) is 2. The van der Waals surface area contributed by atoms with E-state index in [1.807, 2.05) is 20.8 Å². The van der Waals surface area contributed by atoms with Crippen LogP contribution < -0.4 is 10.6 Å². The van der Waals surface area contributed by atoms with Crippen molar-refractivity contribution in [2.45, 2.75) is 65.1 Å². The normalized spacial score (nSPS) is 16.6. The smallest absolute Gasteiger partial charge is 0.237 e. The molecule has 0 rings (SSSR count). The van der Waals surface area contributed by atoms with Gasteiger partial charge in [0.05, 0.1) is 12.1 Å². The highest BCUT2D eigenvalue weighted by molar-refractivity contribution is 5.81. The van der Waals surface area contributed by atoms with Gasteiger partial charge in [0.15, 0.2) is 0 Å². The summed E-state index contributed by atoms with van der Waals surface area (Å²) in [5, 5.41) is 15.1. The Hall–Kier alpha value is -0.610. The van der Waals surface area contributed by atoms with Crippen molar-refractivity contribution in [1.29, 1.82) is 0 Å². The van der Waals surface area contributed by atoms with Gasteiger partial charge in [-0.2, -0.15) is 0 Å². The van der Waals surface area contributed by atoms with Gasteiger partial charge in [-0.15, -0.1) is 0 Å². The molecule has 0 saturated heterocycles. The summed E-state index contributed by atoms with van der Waals surface area (Å²) in [6.45, 7) is 8.45. The molecule has 4 heteroatoms. The van der Waals surface area contributed by atoms with Crippen molar-refractivity contribution in [3.05, 3.63) is 0 Å². The Morgan fingerprint density at radius 2 is 1.94 bits per heavy atom. The van der Waals surface area contributed by atoms with Crippen LogP contribution in [0.15, 0.2) is 0 Å². The number of hydrogen-bond donors (Lipinski definition) is 3. The molecule has 0 aromatic carbocycles. The second kappa shape index (κ2) is 8.53. The molecule has 3 N–H and O–H groups in total. The van der Waals surface area contributed by atoms with E-state index in [4.69, 9.17) is 5.11 Å². The van der Waals surface area contributed by atoms with Gasteiger partial charge in [0.2, 0.25) is 5.91 Å². The number of aliphatic hydroxyl groups excluding tert-OH is 1. The van der Waals surface area contributed by atoms with E-state index >= 15 is 0 Å². The summed E-state index contributed by atoms with van der Waals surface area (Å²) < 4.78 is 0. The monoisotopic (exact) mass is 230 g/mol. The highest BCUT2D eigenvalue weighted by atomic mass is 16.3. The molecule has 0 aliphatic rings. The number of carbonyl (C=O) groups is 1. The first-order valence-electron chi connectivity index (χ1n) is 6.19. The molecule has 0 radical (unpaired) electrons. The molecule has 0 aliphatic heterocycles. The van der Waals surface area contributed by atoms with E-state index in [-0.39, 0.29) is 24.1 Å². The van der Waals surface area contributed by atoms with E-state index < -0.39 is 0 Å². The first kappa shape index (κ1) is 15.4. The van der Waals surface area contributed by atoms with Crippen LogP contribution in [0.4, 0.5) is 0 Å². The van der Waals surface area contributed by atoms with E-state index in [0.29, 0.717) is 0 Å². The van der Waals surface area contributed by atoms with Crippen LogP contribution in [0.5, 0.6) is 0 Å². The summed E-state index contributed by atoms with van der Waals surface area (Å²) in [5.41, 5.74) is 0. The van der Waals surface area contributed by atoms with Crippen molar-refractivity contribution in [1.82, 2.24) is 10.6 Å². The van der Waals surface area contributed by atoms with Gasteiger partial charge < -0.3 is 15.7 Å². The van der Waals surface area contributed by atoms with Crippen molar-refractivity contribution in [2.75, 3.05) is 6.54 Å². The predicted molar refractivity (Wildman–Crippen MR) is 66.3 cm³/mol. The molecule has 0 spiro atoms. The Balaban J connectivity index is 3.63. The van der Waals surface area contributed by atoms with Gasteiger partial charge in [-0.05, 0) is 46.6 Å². The molecule has 96 valence electrons. The van der Waals surface area contributed by atoms with E-state index in [1.165, 1.54) is 0 Å². The highest BCUT2D eigenvalue weighted by Crippen LogP contribution is 1.95. The average Bonchev–Trinajstić information content (AvgIpc) is 2.23. The van der Waals surface area contributed by atoms with Gasteiger partial charge in [0, 0.05) is 6.04 Å². The topological polar surface area (TPSA) is 61.4 Å². The molecular weight excluding hydrogens is 204 g/mol. The number of rotatable bonds is 8. The Labute approximate surface area is 98.8 Å². The third-order valence-electron chi connectivity index (χ3n) is 2.64. The third-order valence-corrected chi connectivity index (χ3v) is 2.64. The minimum absolute atomic E-state index is 0.0476. The van der Waals surface area contributed by atoms with E-state index in [2.05, 4.69) is 10.6 Å². The van der Waals surface area contributed by atoms with Crippen molar-refractivity contribution in [3.8, 4) is 0 Å². The molecule has 0 bridgehead atoms. The van der Waals surface area contributed by atoms with Crippen molar-refractivity contribution in [3.63, 3.8) is 0 Å². The van der Waals surface area contributed by atoms with Crippen molar-refractivity contribution < 1.29 is 9.90 Å². The second-order valence-corrected chi connectivity index (χ2v) is 4.48. The lowest BCUT2D eigenvalue weighted by Gasteiger charge is -2.17.